The van der Waals surface area contributed by atoms with Gasteiger partial charge in [0, 0.05) is 20.1 Å². The molecule has 1 fully saturated rings. The summed E-state index contributed by atoms with van der Waals surface area (Å²) in [4.78, 5) is 0. The Hall–Kier alpha value is -0.830. The fourth-order valence-electron chi connectivity index (χ4n) is 2.70. The second-order valence-electron chi connectivity index (χ2n) is 5.41. The van der Waals surface area contributed by atoms with Gasteiger partial charge in [-0.2, -0.15) is 5.10 Å². The van der Waals surface area contributed by atoms with E-state index in [9.17, 15) is 0 Å². The molecule has 1 aliphatic carbocycles. The Morgan fingerprint density at radius 3 is 2.65 bits per heavy atom. The fraction of sp³-hybridized carbons (Fsp3) is 0.786. The molecule has 0 saturated heterocycles. The summed E-state index contributed by atoms with van der Waals surface area (Å²) in [5.74, 6) is 0. The van der Waals surface area contributed by atoms with Gasteiger partial charge < -0.3 is 5.32 Å². The number of rotatable bonds is 6. The highest BCUT2D eigenvalue weighted by atomic mass is 15.3. The molecule has 0 aliphatic heterocycles. The topological polar surface area (TPSA) is 29.9 Å². The van der Waals surface area contributed by atoms with E-state index in [1.165, 1.54) is 37.1 Å². The van der Waals surface area contributed by atoms with E-state index in [2.05, 4.69) is 30.3 Å². The van der Waals surface area contributed by atoms with Gasteiger partial charge in [0.15, 0.2) is 0 Å². The minimum Gasteiger partial charge on any atom is -0.311 e. The van der Waals surface area contributed by atoms with Crippen molar-refractivity contribution in [3.05, 3.63) is 17.5 Å². The molecule has 1 aromatic rings. The lowest BCUT2D eigenvalue weighted by Gasteiger charge is -2.41. The molecule has 2 rings (SSSR count). The molecule has 0 radical (unpaired) electrons. The number of aryl methyl sites for hydroxylation is 2. The first-order chi connectivity index (χ1) is 8.19. The van der Waals surface area contributed by atoms with Gasteiger partial charge in [0.2, 0.25) is 0 Å². The maximum atomic E-state index is 4.48. The first-order valence-electron chi connectivity index (χ1n) is 6.91. The third-order valence-corrected chi connectivity index (χ3v) is 4.36. The van der Waals surface area contributed by atoms with Crippen LogP contribution in [-0.2, 0) is 20.0 Å². The van der Waals surface area contributed by atoms with Gasteiger partial charge in [-0.05, 0) is 37.2 Å². The van der Waals surface area contributed by atoms with E-state index >= 15 is 0 Å². The zero-order valence-electron chi connectivity index (χ0n) is 11.4. The maximum absolute atomic E-state index is 4.48. The van der Waals surface area contributed by atoms with E-state index in [0.717, 1.165) is 19.5 Å². The highest BCUT2D eigenvalue weighted by Gasteiger charge is 2.34. The summed E-state index contributed by atoms with van der Waals surface area (Å²) in [6, 6.07) is 2.21. The van der Waals surface area contributed by atoms with Crippen molar-refractivity contribution in [2.75, 3.05) is 6.54 Å². The molecule has 17 heavy (non-hydrogen) atoms. The van der Waals surface area contributed by atoms with Crippen LogP contribution in [0.2, 0.25) is 0 Å². The van der Waals surface area contributed by atoms with E-state index in [0.29, 0.717) is 5.41 Å². The van der Waals surface area contributed by atoms with Crippen molar-refractivity contribution in [1.82, 2.24) is 15.1 Å². The molecular formula is C14H25N3. The van der Waals surface area contributed by atoms with Crippen molar-refractivity contribution >= 4 is 0 Å². The van der Waals surface area contributed by atoms with Crippen LogP contribution in [0.25, 0.3) is 0 Å². The van der Waals surface area contributed by atoms with Crippen molar-refractivity contribution in [1.29, 1.82) is 0 Å². The van der Waals surface area contributed by atoms with Gasteiger partial charge in [0.25, 0.3) is 0 Å². The minimum atomic E-state index is 0.603. The van der Waals surface area contributed by atoms with Gasteiger partial charge in [-0.15, -0.1) is 0 Å². The summed E-state index contributed by atoms with van der Waals surface area (Å²) in [6.07, 6.45) is 6.56. The van der Waals surface area contributed by atoms with Crippen LogP contribution < -0.4 is 5.32 Å². The predicted molar refractivity (Wildman–Crippen MR) is 70.9 cm³/mol. The van der Waals surface area contributed by atoms with Crippen LogP contribution in [0.3, 0.4) is 0 Å². The van der Waals surface area contributed by atoms with Gasteiger partial charge >= 0.3 is 0 Å². The normalized spacial score (nSPS) is 18.1. The van der Waals surface area contributed by atoms with Crippen LogP contribution in [0.15, 0.2) is 6.07 Å². The van der Waals surface area contributed by atoms with Crippen molar-refractivity contribution in [3.8, 4) is 0 Å². The van der Waals surface area contributed by atoms with E-state index in [1.807, 2.05) is 11.7 Å². The van der Waals surface area contributed by atoms with Gasteiger partial charge in [-0.25, -0.2) is 0 Å². The minimum absolute atomic E-state index is 0.603. The molecule has 3 nitrogen and oxygen atoms in total. The second-order valence-corrected chi connectivity index (χ2v) is 5.41. The third kappa shape index (κ3) is 2.71. The molecule has 0 amide bonds. The Bertz CT molecular complexity index is 358. The first kappa shape index (κ1) is 12.6. The zero-order chi connectivity index (χ0) is 12.3. The molecule has 1 aliphatic rings. The monoisotopic (exact) mass is 235 g/mol. The first-order valence-corrected chi connectivity index (χ1v) is 6.91. The Balaban J connectivity index is 1.83. The highest BCUT2D eigenvalue weighted by molar-refractivity contribution is 5.10. The van der Waals surface area contributed by atoms with Crippen LogP contribution in [0.4, 0.5) is 0 Å². The molecule has 0 atom stereocenters. The van der Waals surface area contributed by atoms with Crippen molar-refractivity contribution in [2.24, 2.45) is 12.5 Å². The smallest absolute Gasteiger partial charge is 0.0625 e. The van der Waals surface area contributed by atoms with Crippen LogP contribution in [0.1, 0.15) is 50.9 Å². The van der Waals surface area contributed by atoms with Crippen molar-refractivity contribution in [3.63, 3.8) is 0 Å². The molecule has 0 spiro atoms. The van der Waals surface area contributed by atoms with Crippen molar-refractivity contribution < 1.29 is 0 Å². The molecule has 3 heteroatoms. The third-order valence-electron chi connectivity index (χ3n) is 4.36. The summed E-state index contributed by atoms with van der Waals surface area (Å²) in [5.41, 5.74) is 3.09. The number of aromatic nitrogens is 2. The van der Waals surface area contributed by atoms with Gasteiger partial charge in [0.1, 0.15) is 0 Å². The zero-order valence-corrected chi connectivity index (χ0v) is 11.4. The molecule has 1 saturated carbocycles. The van der Waals surface area contributed by atoms with Crippen molar-refractivity contribution in [2.45, 2.75) is 52.5 Å². The Labute approximate surface area is 105 Å². The summed E-state index contributed by atoms with van der Waals surface area (Å²) in [5, 5.41) is 8.09. The van der Waals surface area contributed by atoms with E-state index in [1.54, 1.807) is 0 Å². The summed E-state index contributed by atoms with van der Waals surface area (Å²) in [6.45, 7) is 6.58. The quantitative estimate of drug-likeness (QED) is 0.821. The van der Waals surface area contributed by atoms with Gasteiger partial charge in [-0.3, -0.25) is 4.68 Å². The van der Waals surface area contributed by atoms with Crippen LogP contribution >= 0.6 is 0 Å². The molecule has 0 bridgehead atoms. The Morgan fingerprint density at radius 1 is 1.41 bits per heavy atom. The molecule has 1 heterocycles. The van der Waals surface area contributed by atoms with E-state index in [4.69, 9.17) is 0 Å². The fourth-order valence-corrected chi connectivity index (χ4v) is 2.70. The lowest BCUT2D eigenvalue weighted by Crippen LogP contribution is -2.39. The molecule has 0 unspecified atom stereocenters. The standard InChI is InChI=1S/C14H25N3/c1-4-12-9-13(17(3)16-12)10-15-11-14(5-2)7-6-8-14/h9,15H,4-8,10-11H2,1-3H3. The lowest BCUT2D eigenvalue weighted by molar-refractivity contribution is 0.123. The number of nitrogens with zero attached hydrogens (tertiary/aromatic N) is 2. The van der Waals surface area contributed by atoms with Crippen LogP contribution in [-0.4, -0.2) is 16.3 Å². The Morgan fingerprint density at radius 2 is 2.18 bits per heavy atom. The van der Waals surface area contributed by atoms with Gasteiger partial charge in [0.05, 0.1) is 11.4 Å². The molecule has 1 aromatic heterocycles. The van der Waals surface area contributed by atoms with E-state index < -0.39 is 0 Å². The molecule has 96 valence electrons. The number of nitrogens with one attached hydrogen (secondary N) is 1. The average molecular weight is 235 g/mol. The van der Waals surface area contributed by atoms with Crippen LogP contribution in [0, 0.1) is 5.41 Å². The number of hydrogen-bond donors (Lipinski definition) is 1. The average Bonchev–Trinajstić information content (AvgIpc) is 2.64. The summed E-state index contributed by atoms with van der Waals surface area (Å²) < 4.78 is 2.01. The van der Waals surface area contributed by atoms with E-state index in [-0.39, 0.29) is 0 Å². The highest BCUT2D eigenvalue weighted by Crippen LogP contribution is 2.43. The summed E-state index contributed by atoms with van der Waals surface area (Å²) >= 11 is 0. The Kier molecular flexibility index (Phi) is 3.87. The lowest BCUT2D eigenvalue weighted by atomic mass is 9.67. The summed E-state index contributed by atoms with van der Waals surface area (Å²) in [7, 11) is 2.04. The van der Waals surface area contributed by atoms with Gasteiger partial charge in [-0.1, -0.05) is 20.3 Å². The largest absolute Gasteiger partial charge is 0.311 e. The molecule has 1 N–H and O–H groups in total. The molecule has 0 aromatic carbocycles. The second kappa shape index (κ2) is 5.21. The number of hydrogen-bond acceptors (Lipinski definition) is 2. The maximum Gasteiger partial charge on any atom is 0.0625 e. The SMILES string of the molecule is CCc1cc(CNCC2(CC)CCC2)n(C)n1. The van der Waals surface area contributed by atoms with Crippen LogP contribution in [0.5, 0.6) is 0 Å². The molecular weight excluding hydrogens is 210 g/mol. The predicted octanol–water partition coefficient (Wildman–Crippen LogP) is 2.65.